The Bertz CT molecular complexity index is 410. The molecule has 6 nitrogen and oxygen atoms in total. The van der Waals surface area contributed by atoms with Crippen LogP contribution in [-0.4, -0.2) is 46.7 Å². The summed E-state index contributed by atoms with van der Waals surface area (Å²) in [4.78, 5) is 21.8. The molecule has 0 spiro atoms. The number of carbonyl (C=O) groups is 2. The molecule has 0 unspecified atom stereocenters. The molecular formula is C10H18O6SSi. The Balaban J connectivity index is 5.26. The van der Waals surface area contributed by atoms with Gasteiger partial charge >= 0.3 is 7.71 Å². The summed E-state index contributed by atoms with van der Waals surface area (Å²) < 4.78 is 34.3. The zero-order valence-corrected chi connectivity index (χ0v) is 12.6. The molecule has 0 aliphatic rings. The van der Waals surface area contributed by atoms with E-state index in [-0.39, 0.29) is 30.5 Å². The van der Waals surface area contributed by atoms with Crippen molar-refractivity contribution >= 4 is 28.6 Å². The normalized spacial score (nSPS) is 12.2. The molecule has 18 heavy (non-hydrogen) atoms. The summed E-state index contributed by atoms with van der Waals surface area (Å²) in [6, 6.07) is 0. The standard InChI is InChI=1S/C10H18O6SSi/c1-5-17(13,14)18(6-2,15-7-9(3)11)16-8-10(4)12/h6H,2,5,7-8H2,1,3-4H3. The van der Waals surface area contributed by atoms with Crippen molar-refractivity contribution in [1.29, 1.82) is 0 Å². The van der Waals surface area contributed by atoms with Crippen LogP contribution in [-0.2, 0) is 27.7 Å². The van der Waals surface area contributed by atoms with E-state index >= 15 is 0 Å². The fraction of sp³-hybridized carbons (Fsp3) is 0.600. The predicted octanol–water partition coefficient (Wildman–Crippen LogP) is 0.296. The molecule has 8 heteroatoms. The lowest BCUT2D eigenvalue weighted by atomic mass is 10.5. The van der Waals surface area contributed by atoms with Gasteiger partial charge < -0.3 is 8.85 Å². The van der Waals surface area contributed by atoms with Gasteiger partial charge in [-0.1, -0.05) is 6.92 Å². The van der Waals surface area contributed by atoms with Crippen LogP contribution in [0.15, 0.2) is 12.3 Å². The van der Waals surface area contributed by atoms with Crippen LogP contribution >= 0.6 is 0 Å². The summed E-state index contributed by atoms with van der Waals surface area (Å²) in [5.41, 5.74) is 1.08. The monoisotopic (exact) mass is 294 g/mol. The van der Waals surface area contributed by atoms with E-state index in [1.54, 1.807) is 0 Å². The van der Waals surface area contributed by atoms with Crippen molar-refractivity contribution in [2.75, 3.05) is 19.0 Å². The first-order valence-corrected chi connectivity index (χ1v) is 9.60. The minimum absolute atomic E-state index is 0.207. The third kappa shape index (κ3) is 4.45. The Morgan fingerprint density at radius 3 is 1.78 bits per heavy atom. The molecule has 0 saturated heterocycles. The maximum Gasteiger partial charge on any atom is 0.498 e. The van der Waals surface area contributed by atoms with E-state index in [4.69, 9.17) is 8.85 Å². The number of carbonyl (C=O) groups excluding carboxylic acids is 2. The van der Waals surface area contributed by atoms with Crippen molar-refractivity contribution in [3.8, 4) is 0 Å². The lowest BCUT2D eigenvalue weighted by Gasteiger charge is -2.25. The molecule has 0 heterocycles. The fourth-order valence-electron chi connectivity index (χ4n) is 1.07. The van der Waals surface area contributed by atoms with E-state index in [1.807, 2.05) is 0 Å². The van der Waals surface area contributed by atoms with Gasteiger partial charge in [0.1, 0.15) is 0 Å². The smallest absolute Gasteiger partial charge is 0.373 e. The van der Waals surface area contributed by atoms with Crippen molar-refractivity contribution in [3.05, 3.63) is 12.3 Å². The molecule has 0 radical (unpaired) electrons. The van der Waals surface area contributed by atoms with Gasteiger partial charge in [-0.15, -0.1) is 6.58 Å². The number of ketones is 2. The molecule has 0 aromatic rings. The first-order chi connectivity index (χ1) is 8.20. The Labute approximate surface area is 108 Å². The van der Waals surface area contributed by atoms with Crippen molar-refractivity contribution in [2.24, 2.45) is 0 Å². The quantitative estimate of drug-likeness (QED) is 0.568. The van der Waals surface area contributed by atoms with Gasteiger partial charge in [-0.2, -0.15) is 0 Å². The van der Waals surface area contributed by atoms with Gasteiger partial charge in [-0.25, -0.2) is 8.42 Å². The van der Waals surface area contributed by atoms with Crippen LogP contribution in [0.25, 0.3) is 0 Å². The average molecular weight is 294 g/mol. The third-order valence-corrected chi connectivity index (χ3v) is 9.91. The predicted molar refractivity (Wildman–Crippen MR) is 68.7 cm³/mol. The molecule has 0 rings (SSSR count). The Hall–Kier alpha value is -0.833. The topological polar surface area (TPSA) is 86.7 Å². The number of hydrogen-bond acceptors (Lipinski definition) is 6. The van der Waals surface area contributed by atoms with Crippen LogP contribution in [0.1, 0.15) is 20.8 Å². The lowest BCUT2D eigenvalue weighted by molar-refractivity contribution is -0.120. The van der Waals surface area contributed by atoms with Gasteiger partial charge in [0.2, 0.25) is 0 Å². The van der Waals surface area contributed by atoms with E-state index in [0.717, 1.165) is 5.70 Å². The highest BCUT2D eigenvalue weighted by atomic mass is 32.4. The molecule has 0 aromatic heterocycles. The van der Waals surface area contributed by atoms with E-state index in [1.165, 1.54) is 20.8 Å². The molecule has 0 bridgehead atoms. The summed E-state index contributed by atoms with van der Waals surface area (Å²) in [6.45, 7) is 6.63. The zero-order chi connectivity index (χ0) is 14.4. The molecule has 0 aliphatic carbocycles. The first-order valence-electron chi connectivity index (χ1n) is 5.33. The molecule has 0 fully saturated rings. The van der Waals surface area contributed by atoms with Crippen molar-refractivity contribution in [3.63, 3.8) is 0 Å². The van der Waals surface area contributed by atoms with Gasteiger partial charge in [0.15, 0.2) is 20.9 Å². The fourth-order valence-corrected chi connectivity index (χ4v) is 6.61. The summed E-state index contributed by atoms with van der Waals surface area (Å²) in [6.07, 6.45) is 0. The van der Waals surface area contributed by atoms with E-state index in [2.05, 4.69) is 6.58 Å². The highest BCUT2D eigenvalue weighted by molar-refractivity contribution is 8.21. The molecule has 0 saturated carbocycles. The van der Waals surface area contributed by atoms with Crippen molar-refractivity contribution < 1.29 is 26.9 Å². The summed E-state index contributed by atoms with van der Waals surface area (Å²) in [5.74, 6) is -0.862. The molecular weight excluding hydrogens is 276 g/mol. The summed E-state index contributed by atoms with van der Waals surface area (Å²) in [5, 5.41) is 0. The summed E-state index contributed by atoms with van der Waals surface area (Å²) >= 11 is 0. The maximum atomic E-state index is 12.0. The lowest BCUT2D eigenvalue weighted by Crippen LogP contribution is -2.51. The second-order valence-electron chi connectivity index (χ2n) is 3.69. The number of rotatable bonds is 9. The van der Waals surface area contributed by atoms with Crippen LogP contribution in [0, 0.1) is 0 Å². The summed E-state index contributed by atoms with van der Waals surface area (Å²) in [7, 11) is -7.52. The van der Waals surface area contributed by atoms with Gasteiger partial charge in [0.25, 0.3) is 0 Å². The van der Waals surface area contributed by atoms with Gasteiger partial charge in [-0.05, 0) is 19.5 Å². The molecule has 0 N–H and O–H groups in total. The maximum absolute atomic E-state index is 12.0. The number of hydrogen-bond donors (Lipinski definition) is 0. The van der Waals surface area contributed by atoms with Crippen LogP contribution in [0.4, 0.5) is 0 Å². The largest absolute Gasteiger partial charge is 0.498 e. The second-order valence-corrected chi connectivity index (χ2v) is 11.3. The highest BCUT2D eigenvalue weighted by Crippen LogP contribution is 2.18. The molecule has 0 atom stereocenters. The van der Waals surface area contributed by atoms with Crippen molar-refractivity contribution in [2.45, 2.75) is 20.8 Å². The Morgan fingerprint density at radius 1 is 1.17 bits per heavy atom. The van der Waals surface area contributed by atoms with Gasteiger partial charge in [0, 0.05) is 5.75 Å². The highest BCUT2D eigenvalue weighted by Gasteiger charge is 2.49. The van der Waals surface area contributed by atoms with E-state index < -0.39 is 17.0 Å². The molecule has 104 valence electrons. The molecule has 0 aromatic carbocycles. The minimum Gasteiger partial charge on any atom is -0.373 e. The molecule has 0 aliphatic heterocycles. The van der Waals surface area contributed by atoms with Crippen molar-refractivity contribution in [1.82, 2.24) is 0 Å². The van der Waals surface area contributed by atoms with Crippen LogP contribution in [0.2, 0.25) is 0 Å². The SMILES string of the molecule is C=C[Si](OCC(C)=O)(OCC(C)=O)S(=O)(=O)CC. The van der Waals surface area contributed by atoms with E-state index in [0.29, 0.717) is 0 Å². The second kappa shape index (κ2) is 6.93. The average Bonchev–Trinajstić information content (AvgIpc) is 2.29. The zero-order valence-electron chi connectivity index (χ0n) is 10.8. The minimum atomic E-state index is -3.83. The van der Waals surface area contributed by atoms with Gasteiger partial charge in [0.05, 0.1) is 13.2 Å². The van der Waals surface area contributed by atoms with E-state index in [9.17, 15) is 18.0 Å². The first kappa shape index (κ1) is 17.2. The molecule has 0 amide bonds. The number of Topliss-reactive ketones (excluding diaryl/α,β-unsaturated/α-hetero) is 2. The van der Waals surface area contributed by atoms with Crippen LogP contribution in [0.3, 0.4) is 0 Å². The third-order valence-electron chi connectivity index (χ3n) is 2.02. The Morgan fingerprint density at radius 2 is 1.56 bits per heavy atom. The van der Waals surface area contributed by atoms with Crippen LogP contribution < -0.4 is 0 Å². The Kier molecular flexibility index (Phi) is 6.61. The van der Waals surface area contributed by atoms with Crippen LogP contribution in [0.5, 0.6) is 0 Å². The van der Waals surface area contributed by atoms with Gasteiger partial charge in [-0.3, -0.25) is 9.59 Å².